The van der Waals surface area contributed by atoms with E-state index in [2.05, 4.69) is 35.7 Å². The molecular formula is C77H81N3O17S. The van der Waals surface area contributed by atoms with Crippen LogP contribution in [0.5, 0.6) is 69.0 Å². The summed E-state index contributed by atoms with van der Waals surface area (Å²) in [5.41, 5.74) is 8.07. The number of hydrogen-bond donors (Lipinski definition) is 10. The summed E-state index contributed by atoms with van der Waals surface area (Å²) < 4.78 is 16.8. The Labute approximate surface area is 572 Å². The molecule has 10 N–H and O–H groups in total. The van der Waals surface area contributed by atoms with Crippen molar-refractivity contribution in [2.24, 2.45) is 4.99 Å². The van der Waals surface area contributed by atoms with Gasteiger partial charge in [-0.1, -0.05) is 101 Å². The molecule has 0 fully saturated rings. The molecule has 0 radical (unpaired) electrons. The maximum absolute atomic E-state index is 12.8. The van der Waals surface area contributed by atoms with Crippen molar-refractivity contribution in [1.82, 2.24) is 9.97 Å². The number of aliphatic hydroxyl groups excluding tert-OH is 1. The molecule has 98 heavy (non-hydrogen) atoms. The highest BCUT2D eigenvalue weighted by atomic mass is 32.2. The second-order valence-corrected chi connectivity index (χ2v) is 23.8. The van der Waals surface area contributed by atoms with E-state index in [0.29, 0.717) is 79.8 Å². The largest absolute Gasteiger partial charge is 0.508 e. The molecule has 0 saturated heterocycles. The van der Waals surface area contributed by atoms with Crippen molar-refractivity contribution in [3.05, 3.63) is 241 Å². The third-order valence-corrected chi connectivity index (χ3v) is 16.3. The van der Waals surface area contributed by atoms with E-state index in [-0.39, 0.29) is 111 Å². The van der Waals surface area contributed by atoms with Crippen LogP contribution in [-0.4, -0.2) is 104 Å². The number of hydrogen-bond acceptors (Lipinski definition) is 21. The van der Waals surface area contributed by atoms with Crippen LogP contribution in [0, 0.1) is 20.8 Å². The predicted molar refractivity (Wildman–Crippen MR) is 378 cm³/mol. The van der Waals surface area contributed by atoms with Crippen molar-refractivity contribution >= 4 is 46.3 Å². The molecule has 21 heteroatoms. The number of phenolic OH excluding ortho intramolecular Hbond substituents is 8. The van der Waals surface area contributed by atoms with Crippen LogP contribution in [-0.2, 0) is 36.1 Å². The van der Waals surface area contributed by atoms with Crippen molar-refractivity contribution in [2.45, 2.75) is 105 Å². The Kier molecular flexibility index (Phi) is 27.9. The molecule has 2 heterocycles. The first-order chi connectivity index (χ1) is 46.7. The fourth-order valence-corrected chi connectivity index (χ4v) is 9.93. The zero-order valence-electron chi connectivity index (χ0n) is 55.9. The van der Waals surface area contributed by atoms with Gasteiger partial charge in [0.25, 0.3) is 0 Å². The third-order valence-electron chi connectivity index (χ3n) is 15.4. The molecule has 10 rings (SSSR count). The van der Waals surface area contributed by atoms with Crippen molar-refractivity contribution in [1.29, 1.82) is 0 Å². The summed E-state index contributed by atoms with van der Waals surface area (Å²) in [6, 6.07) is 41.8. The van der Waals surface area contributed by atoms with Crippen LogP contribution in [0.3, 0.4) is 0 Å². The SMILES string of the molecule is CCC(=O)CN=Cc1ccc(O)c(O)c1.CCc1cc(C(C)(C)c2ccc(O)c(CO)c2)ccc1O.CCc1ccc(Oc2c(C)oc3cc(O)c(CC)cc3c2=O)cc1.Cc1ccc(OCC(=O)c2cc(C)c(O)cc2O)cc1.O=C(CSc1ncccn1)c1ccc(O)c(O)c1. The lowest BCUT2D eigenvalue weighted by atomic mass is 9.77. The van der Waals surface area contributed by atoms with Gasteiger partial charge < -0.3 is 65.0 Å². The molecule has 512 valence electrons. The van der Waals surface area contributed by atoms with E-state index in [4.69, 9.17) is 24.1 Å². The molecule has 0 spiro atoms. The van der Waals surface area contributed by atoms with Crippen LogP contribution in [0.1, 0.15) is 125 Å². The number of nitrogens with zero attached hydrogens (tertiary/aromatic N) is 3. The number of Topliss-reactive ketones (excluding diaryl/α,β-unsaturated/α-hetero) is 3. The highest BCUT2D eigenvalue weighted by Gasteiger charge is 2.25. The van der Waals surface area contributed by atoms with Crippen molar-refractivity contribution < 1.29 is 79.3 Å². The molecule has 10 aromatic rings. The normalized spacial score (nSPS) is 10.8. The maximum atomic E-state index is 12.8. The Bertz CT molecular complexity index is 4400. The molecule has 20 nitrogen and oxygen atoms in total. The first-order valence-corrected chi connectivity index (χ1v) is 32.2. The number of thioether (sulfide) groups is 1. The summed E-state index contributed by atoms with van der Waals surface area (Å²) in [5.74, 6) is 0.851. The first kappa shape index (κ1) is 75.9. The second-order valence-electron chi connectivity index (χ2n) is 22.8. The lowest BCUT2D eigenvalue weighted by molar-refractivity contribution is -0.117. The number of benzene rings is 8. The summed E-state index contributed by atoms with van der Waals surface area (Å²) in [4.78, 5) is 59.4. The Morgan fingerprint density at radius 3 is 1.76 bits per heavy atom. The highest BCUT2D eigenvalue weighted by Crippen LogP contribution is 2.37. The van der Waals surface area contributed by atoms with E-state index in [9.17, 15) is 60.0 Å². The number of rotatable bonds is 20. The predicted octanol–water partition coefficient (Wildman–Crippen LogP) is 14.5. The molecule has 0 aliphatic rings. The number of ether oxygens (including phenoxy) is 2. The fourth-order valence-electron chi connectivity index (χ4n) is 9.23. The Hall–Kier alpha value is -11.2. The molecule has 8 aromatic carbocycles. The minimum atomic E-state index is -0.342. The van der Waals surface area contributed by atoms with Gasteiger partial charge in [-0.3, -0.25) is 24.2 Å². The van der Waals surface area contributed by atoms with Gasteiger partial charge in [0.05, 0.1) is 29.9 Å². The van der Waals surface area contributed by atoms with Crippen LogP contribution >= 0.6 is 11.8 Å². The summed E-state index contributed by atoms with van der Waals surface area (Å²) in [7, 11) is 0. The number of carbonyl (C=O) groups is 3. The lowest BCUT2D eigenvalue weighted by Gasteiger charge is -2.27. The topological polar surface area (TPSA) is 340 Å². The maximum Gasteiger partial charge on any atom is 0.235 e. The molecule has 0 aliphatic carbocycles. The van der Waals surface area contributed by atoms with Crippen molar-refractivity contribution in [2.75, 3.05) is 18.9 Å². The molecule has 0 aliphatic heterocycles. The Balaban J connectivity index is 0.000000195. The number of aryl methyl sites for hydroxylation is 6. The van der Waals surface area contributed by atoms with Gasteiger partial charge in [0.15, 0.2) is 46.3 Å². The quantitative estimate of drug-likeness (QED) is 0.0111. The minimum Gasteiger partial charge on any atom is -0.508 e. The van der Waals surface area contributed by atoms with E-state index in [1.807, 2.05) is 81.4 Å². The lowest BCUT2D eigenvalue weighted by Crippen LogP contribution is -2.19. The smallest absolute Gasteiger partial charge is 0.235 e. The molecule has 0 saturated carbocycles. The Morgan fingerprint density at radius 1 is 0.582 bits per heavy atom. The fraction of sp³-hybridized carbons (Fsp3) is 0.234. The zero-order chi connectivity index (χ0) is 71.8. The standard InChI is InChI=1S/C20H20O4.C18H22O3.C16H16O4.C12H10N2O3S.C11H13NO3/c1-4-13-6-8-15(9-7-13)24-20-12(3)23-18-11-17(21)14(5-2)10-16(18)19(20)22;1-4-12-9-14(5-7-16(12)20)18(2,3)15-6-8-17(21)13(10-15)11-19;1-10-3-5-12(6-4-10)20-9-16(19)13-7-11(2)14(17)8-15(13)18;15-9-3-2-8(6-10(9)16)11(17)7-18-12-13-4-1-5-14-12;1-2-9(13)7-12-6-8-3-4-10(14)11(15)5-8/h6-11,21H,4-5H2,1-3H3;5-10,19-21H,4,11H2,1-3H3;3-8,17-18H,9H2,1-2H3;1-6,15-16H,7H2;3-6,14-15H,2,7H2,1H3. The van der Waals surface area contributed by atoms with Gasteiger partial charge in [-0.2, -0.15) is 0 Å². The molecule has 0 unspecified atom stereocenters. The number of aromatic nitrogens is 2. The molecule has 0 atom stereocenters. The van der Waals surface area contributed by atoms with E-state index in [0.717, 1.165) is 41.2 Å². The monoisotopic (exact) mass is 1350 g/mol. The Morgan fingerprint density at radius 2 is 1.16 bits per heavy atom. The number of carbonyl (C=O) groups excluding carboxylic acids is 3. The van der Waals surface area contributed by atoms with E-state index in [1.54, 1.807) is 75.6 Å². The number of ketones is 3. The molecule has 0 bridgehead atoms. The molecular weight excluding hydrogens is 1270 g/mol. The first-order valence-electron chi connectivity index (χ1n) is 31.3. The summed E-state index contributed by atoms with van der Waals surface area (Å²) in [5, 5.41) is 95.5. The van der Waals surface area contributed by atoms with Crippen LogP contribution in [0.2, 0.25) is 0 Å². The molecule has 2 aromatic heterocycles. The van der Waals surface area contributed by atoms with Gasteiger partial charge in [-0.25, -0.2) is 9.97 Å². The number of aromatic hydroxyl groups is 9. The van der Waals surface area contributed by atoms with Gasteiger partial charge in [0, 0.05) is 53.7 Å². The average molecular weight is 1350 g/mol. The van der Waals surface area contributed by atoms with Crippen molar-refractivity contribution in [3.8, 4) is 69.0 Å². The van der Waals surface area contributed by atoms with Crippen LogP contribution in [0.15, 0.2) is 183 Å². The summed E-state index contributed by atoms with van der Waals surface area (Å²) in [6.07, 6.45) is 7.51. The number of fused-ring (bicyclic) bond motifs is 1. The average Bonchev–Trinajstić information content (AvgIpc) is 0.785. The number of phenols is 9. The van der Waals surface area contributed by atoms with Crippen LogP contribution in [0.4, 0.5) is 0 Å². The third kappa shape index (κ3) is 21.4. The van der Waals surface area contributed by atoms with Gasteiger partial charge >= 0.3 is 0 Å². The zero-order valence-corrected chi connectivity index (χ0v) is 56.7. The second kappa shape index (κ2) is 36.1. The van der Waals surface area contributed by atoms with E-state index < -0.39 is 0 Å². The van der Waals surface area contributed by atoms with Crippen molar-refractivity contribution in [3.63, 3.8) is 0 Å². The summed E-state index contributed by atoms with van der Waals surface area (Å²) >= 11 is 1.22. The van der Waals surface area contributed by atoms with E-state index in [1.165, 1.54) is 66.0 Å². The van der Waals surface area contributed by atoms with Gasteiger partial charge in [-0.05, 0) is 176 Å². The van der Waals surface area contributed by atoms with E-state index >= 15 is 0 Å². The number of aliphatic hydroxyl groups is 1. The summed E-state index contributed by atoms with van der Waals surface area (Å²) in [6.45, 7) is 17.1. The van der Waals surface area contributed by atoms with Gasteiger partial charge in [0.2, 0.25) is 17.0 Å². The van der Waals surface area contributed by atoms with Crippen LogP contribution in [0.25, 0.3) is 11.0 Å². The minimum absolute atomic E-state index is 0.0431. The molecule has 0 amide bonds. The number of aliphatic imine (C=N–C) groups is 1. The van der Waals surface area contributed by atoms with Crippen LogP contribution < -0.4 is 14.9 Å². The van der Waals surface area contributed by atoms with Gasteiger partial charge in [-0.15, -0.1) is 0 Å². The van der Waals surface area contributed by atoms with Gasteiger partial charge in [0.1, 0.15) is 51.6 Å². The highest BCUT2D eigenvalue weighted by molar-refractivity contribution is 7.99.